The van der Waals surface area contributed by atoms with Crippen molar-refractivity contribution in [2.75, 3.05) is 19.0 Å². The molecule has 0 radical (unpaired) electrons. The molecule has 0 atom stereocenters. The lowest BCUT2D eigenvalue weighted by Gasteiger charge is -2.18. The first kappa shape index (κ1) is 12.1. The van der Waals surface area contributed by atoms with Gasteiger partial charge in [-0.3, -0.25) is 0 Å². The first-order chi connectivity index (χ1) is 9.35. The Morgan fingerprint density at radius 2 is 1.84 bits per heavy atom. The zero-order chi connectivity index (χ0) is 13.1. The molecule has 0 fully saturated rings. The van der Waals surface area contributed by atoms with Gasteiger partial charge in [0.15, 0.2) is 0 Å². The Kier molecular flexibility index (Phi) is 3.41. The summed E-state index contributed by atoms with van der Waals surface area (Å²) in [7, 11) is 1.94. The smallest absolute Gasteiger partial charge is 0.122 e. The maximum Gasteiger partial charge on any atom is 0.122 e. The highest BCUT2D eigenvalue weighted by atomic mass is 16.5. The molecule has 0 unspecified atom stereocenters. The maximum atomic E-state index is 5.65. The predicted octanol–water partition coefficient (Wildman–Crippen LogP) is 3.64. The van der Waals surface area contributed by atoms with Gasteiger partial charge in [-0.25, -0.2) is 0 Å². The number of ether oxygens (including phenoxy) is 1. The average Bonchev–Trinajstić information content (AvgIpc) is 2.48. The zero-order valence-corrected chi connectivity index (χ0v) is 11.3. The number of anilines is 1. The third-order valence-corrected chi connectivity index (χ3v) is 3.62. The molecule has 2 aromatic carbocycles. The molecule has 0 bridgehead atoms. The van der Waals surface area contributed by atoms with Gasteiger partial charge in [0.05, 0.1) is 6.61 Å². The van der Waals surface area contributed by atoms with Gasteiger partial charge < -0.3 is 10.1 Å². The van der Waals surface area contributed by atoms with Gasteiger partial charge in [-0.15, -0.1) is 0 Å². The van der Waals surface area contributed by atoms with E-state index in [2.05, 4.69) is 47.8 Å². The van der Waals surface area contributed by atoms with Crippen LogP contribution in [0.15, 0.2) is 42.5 Å². The molecular weight excluding hydrogens is 234 g/mol. The Bertz CT molecular complexity index is 560. The second-order valence-electron chi connectivity index (χ2n) is 5.02. The molecule has 0 aliphatic carbocycles. The predicted molar refractivity (Wildman–Crippen MR) is 79.1 cm³/mol. The molecule has 0 saturated heterocycles. The van der Waals surface area contributed by atoms with Crippen LogP contribution in [0.5, 0.6) is 5.75 Å². The van der Waals surface area contributed by atoms with Gasteiger partial charge >= 0.3 is 0 Å². The van der Waals surface area contributed by atoms with E-state index in [0.29, 0.717) is 0 Å². The van der Waals surface area contributed by atoms with E-state index in [1.807, 2.05) is 7.05 Å². The lowest BCUT2D eigenvalue weighted by molar-refractivity contribution is 0.288. The molecule has 0 spiro atoms. The number of hydrogen-bond donors (Lipinski definition) is 1. The molecule has 0 saturated carbocycles. The molecule has 1 heterocycles. The summed E-state index contributed by atoms with van der Waals surface area (Å²) in [5.41, 5.74) is 5.22. The molecule has 1 aliphatic heterocycles. The topological polar surface area (TPSA) is 21.3 Å². The van der Waals surface area contributed by atoms with Crippen LogP contribution in [0, 0.1) is 0 Å². The van der Waals surface area contributed by atoms with E-state index in [4.69, 9.17) is 4.74 Å². The van der Waals surface area contributed by atoms with Crippen LogP contribution in [-0.4, -0.2) is 13.7 Å². The molecule has 1 N–H and O–H groups in total. The zero-order valence-electron chi connectivity index (χ0n) is 11.3. The van der Waals surface area contributed by atoms with Crippen LogP contribution in [-0.2, 0) is 12.8 Å². The monoisotopic (exact) mass is 253 g/mol. The number of aryl methyl sites for hydroxylation is 1. The van der Waals surface area contributed by atoms with Crippen molar-refractivity contribution in [2.24, 2.45) is 0 Å². The summed E-state index contributed by atoms with van der Waals surface area (Å²) in [6, 6.07) is 15.2. The molecular formula is C17H19NO. The average molecular weight is 253 g/mol. The fourth-order valence-electron chi connectivity index (χ4n) is 2.55. The lowest BCUT2D eigenvalue weighted by Crippen LogP contribution is -2.08. The molecule has 19 heavy (non-hydrogen) atoms. The van der Waals surface area contributed by atoms with Crippen molar-refractivity contribution in [3.05, 3.63) is 59.2 Å². The standard InChI is InChI=1S/C17H19NO/c1-18-16-7-4-13(5-8-16)11-14-6-9-17-15(12-14)3-2-10-19-17/h4-9,12,18H,2-3,10-11H2,1H3. The third-order valence-electron chi connectivity index (χ3n) is 3.62. The van der Waals surface area contributed by atoms with Crippen LogP contribution < -0.4 is 10.1 Å². The summed E-state index contributed by atoms with van der Waals surface area (Å²) in [6.07, 6.45) is 3.26. The second-order valence-corrected chi connectivity index (χ2v) is 5.02. The first-order valence-electron chi connectivity index (χ1n) is 6.86. The summed E-state index contributed by atoms with van der Waals surface area (Å²) < 4.78 is 5.65. The molecule has 0 amide bonds. The number of fused-ring (bicyclic) bond motifs is 1. The molecule has 2 aromatic rings. The van der Waals surface area contributed by atoms with Crippen LogP contribution >= 0.6 is 0 Å². The largest absolute Gasteiger partial charge is 0.493 e. The van der Waals surface area contributed by atoms with Crippen molar-refractivity contribution in [3.8, 4) is 5.75 Å². The van der Waals surface area contributed by atoms with Crippen molar-refractivity contribution < 1.29 is 4.74 Å². The van der Waals surface area contributed by atoms with Crippen molar-refractivity contribution in [1.82, 2.24) is 0 Å². The van der Waals surface area contributed by atoms with Gasteiger partial charge in [0, 0.05) is 12.7 Å². The van der Waals surface area contributed by atoms with Gasteiger partial charge in [-0.2, -0.15) is 0 Å². The Labute approximate surface area is 114 Å². The minimum absolute atomic E-state index is 0.859. The van der Waals surface area contributed by atoms with Gasteiger partial charge in [0.2, 0.25) is 0 Å². The Hall–Kier alpha value is -1.96. The number of rotatable bonds is 3. The molecule has 2 nitrogen and oxygen atoms in total. The van der Waals surface area contributed by atoms with E-state index in [1.54, 1.807) is 0 Å². The lowest BCUT2D eigenvalue weighted by atomic mass is 9.99. The minimum atomic E-state index is 0.859. The summed E-state index contributed by atoms with van der Waals surface area (Å²) >= 11 is 0. The van der Waals surface area contributed by atoms with Gasteiger partial charge in [0.1, 0.15) is 5.75 Å². The van der Waals surface area contributed by atoms with Crippen LogP contribution in [0.25, 0.3) is 0 Å². The van der Waals surface area contributed by atoms with Crippen LogP contribution in [0.1, 0.15) is 23.1 Å². The highest BCUT2D eigenvalue weighted by Gasteiger charge is 2.10. The van der Waals surface area contributed by atoms with Crippen LogP contribution in [0.2, 0.25) is 0 Å². The SMILES string of the molecule is CNc1ccc(Cc2ccc3c(c2)CCCO3)cc1. The first-order valence-corrected chi connectivity index (χ1v) is 6.86. The highest BCUT2D eigenvalue weighted by Crippen LogP contribution is 2.26. The van der Waals surface area contributed by atoms with Crippen molar-refractivity contribution in [2.45, 2.75) is 19.3 Å². The number of benzene rings is 2. The Morgan fingerprint density at radius 3 is 2.63 bits per heavy atom. The second kappa shape index (κ2) is 5.35. The van der Waals surface area contributed by atoms with Crippen LogP contribution in [0.3, 0.4) is 0 Å². The third kappa shape index (κ3) is 2.73. The quantitative estimate of drug-likeness (QED) is 0.901. The number of hydrogen-bond acceptors (Lipinski definition) is 2. The number of nitrogens with one attached hydrogen (secondary N) is 1. The van der Waals surface area contributed by atoms with Gasteiger partial charge in [-0.1, -0.05) is 24.3 Å². The van der Waals surface area contributed by atoms with E-state index in [9.17, 15) is 0 Å². The summed E-state index contributed by atoms with van der Waals surface area (Å²) in [5.74, 6) is 1.07. The normalized spacial score (nSPS) is 13.5. The highest BCUT2D eigenvalue weighted by molar-refractivity contribution is 5.45. The minimum Gasteiger partial charge on any atom is -0.493 e. The van der Waals surface area contributed by atoms with E-state index in [0.717, 1.165) is 37.3 Å². The van der Waals surface area contributed by atoms with Crippen molar-refractivity contribution in [1.29, 1.82) is 0 Å². The summed E-state index contributed by atoms with van der Waals surface area (Å²) in [5, 5.41) is 3.14. The maximum absolute atomic E-state index is 5.65. The summed E-state index contributed by atoms with van der Waals surface area (Å²) in [4.78, 5) is 0. The Morgan fingerprint density at radius 1 is 1.05 bits per heavy atom. The van der Waals surface area contributed by atoms with Crippen molar-refractivity contribution >= 4 is 5.69 Å². The van der Waals surface area contributed by atoms with E-state index >= 15 is 0 Å². The molecule has 3 rings (SSSR count). The van der Waals surface area contributed by atoms with Crippen molar-refractivity contribution in [3.63, 3.8) is 0 Å². The molecule has 98 valence electrons. The van der Waals surface area contributed by atoms with E-state index < -0.39 is 0 Å². The fraction of sp³-hybridized carbons (Fsp3) is 0.294. The van der Waals surface area contributed by atoms with Gasteiger partial charge in [0.25, 0.3) is 0 Å². The molecule has 0 aromatic heterocycles. The van der Waals surface area contributed by atoms with Crippen LogP contribution in [0.4, 0.5) is 5.69 Å². The molecule has 2 heteroatoms. The fourth-order valence-corrected chi connectivity index (χ4v) is 2.55. The van der Waals surface area contributed by atoms with E-state index in [-0.39, 0.29) is 0 Å². The summed E-state index contributed by atoms with van der Waals surface area (Å²) in [6.45, 7) is 0.859. The van der Waals surface area contributed by atoms with Gasteiger partial charge in [-0.05, 0) is 54.2 Å². The Balaban J connectivity index is 1.78. The molecule has 1 aliphatic rings. The van der Waals surface area contributed by atoms with E-state index in [1.165, 1.54) is 16.7 Å².